The van der Waals surface area contributed by atoms with Crippen LogP contribution in [0.15, 0.2) is 0 Å². The van der Waals surface area contributed by atoms with Crippen molar-refractivity contribution in [1.29, 1.82) is 0 Å². The molecule has 1 aliphatic rings. The molecule has 0 aromatic rings. The van der Waals surface area contributed by atoms with Crippen LogP contribution in [0.1, 0.15) is 59.8 Å². The van der Waals surface area contributed by atoms with Crippen molar-refractivity contribution in [2.24, 2.45) is 10.8 Å². The molecule has 11 heavy (non-hydrogen) atoms. The lowest BCUT2D eigenvalue weighted by Gasteiger charge is -2.48. The van der Waals surface area contributed by atoms with Crippen LogP contribution in [0.25, 0.3) is 0 Å². The first kappa shape index (κ1) is 9.09. The summed E-state index contributed by atoms with van der Waals surface area (Å²) >= 11 is 0. The minimum absolute atomic E-state index is 0.583. The van der Waals surface area contributed by atoms with Crippen LogP contribution in [0.5, 0.6) is 0 Å². The van der Waals surface area contributed by atoms with Crippen molar-refractivity contribution >= 4 is 0 Å². The second kappa shape index (κ2) is 2.80. The Morgan fingerprint density at radius 3 is 1.91 bits per heavy atom. The van der Waals surface area contributed by atoms with Crippen LogP contribution in [0.4, 0.5) is 0 Å². The van der Waals surface area contributed by atoms with E-state index in [4.69, 9.17) is 0 Å². The molecule has 1 atom stereocenters. The van der Waals surface area contributed by atoms with Gasteiger partial charge in [-0.3, -0.25) is 0 Å². The third-order valence-electron chi connectivity index (χ3n) is 4.19. The Balaban J connectivity index is 2.74. The van der Waals surface area contributed by atoms with E-state index in [2.05, 4.69) is 27.7 Å². The maximum Gasteiger partial charge on any atom is -0.0277 e. The zero-order valence-corrected chi connectivity index (χ0v) is 8.54. The van der Waals surface area contributed by atoms with Crippen molar-refractivity contribution in [2.45, 2.75) is 59.8 Å². The predicted molar refractivity (Wildman–Crippen MR) is 50.6 cm³/mol. The molecule has 0 spiro atoms. The van der Waals surface area contributed by atoms with E-state index in [0.29, 0.717) is 10.8 Å². The van der Waals surface area contributed by atoms with E-state index in [-0.39, 0.29) is 0 Å². The van der Waals surface area contributed by atoms with Gasteiger partial charge in [-0.05, 0) is 23.7 Å². The molecule has 1 saturated carbocycles. The van der Waals surface area contributed by atoms with E-state index < -0.39 is 0 Å². The van der Waals surface area contributed by atoms with Crippen LogP contribution < -0.4 is 0 Å². The van der Waals surface area contributed by atoms with Crippen molar-refractivity contribution < 1.29 is 0 Å². The molecular weight excluding hydrogens is 132 g/mol. The molecule has 0 saturated heterocycles. The Morgan fingerprint density at radius 2 is 1.55 bits per heavy atom. The monoisotopic (exact) mass is 154 g/mol. The van der Waals surface area contributed by atoms with Crippen molar-refractivity contribution in [3.05, 3.63) is 0 Å². The Labute approximate surface area is 71.4 Å². The molecule has 0 amide bonds. The Morgan fingerprint density at radius 1 is 1.00 bits per heavy atom. The number of rotatable bonds is 1. The van der Waals surface area contributed by atoms with E-state index >= 15 is 0 Å². The average Bonchev–Trinajstić information content (AvgIpc) is 1.95. The molecule has 0 aromatic carbocycles. The summed E-state index contributed by atoms with van der Waals surface area (Å²) in [6.45, 7) is 9.69. The first-order valence-electron chi connectivity index (χ1n) is 5.02. The third kappa shape index (κ3) is 1.45. The van der Waals surface area contributed by atoms with Crippen LogP contribution in [0.3, 0.4) is 0 Å². The van der Waals surface area contributed by atoms with Crippen molar-refractivity contribution in [3.63, 3.8) is 0 Å². The molecular formula is C11H22. The largest absolute Gasteiger partial charge is 0.0648 e. The van der Waals surface area contributed by atoms with Crippen molar-refractivity contribution in [3.8, 4) is 0 Å². The minimum atomic E-state index is 0.583. The summed E-state index contributed by atoms with van der Waals surface area (Å²) < 4.78 is 0. The Kier molecular flexibility index (Phi) is 2.32. The molecule has 0 nitrogen and oxygen atoms in total. The molecule has 0 heterocycles. The first-order chi connectivity index (χ1) is 5.02. The molecule has 0 unspecified atom stereocenters. The highest BCUT2D eigenvalue weighted by molar-refractivity contribution is 4.91. The molecule has 0 N–H and O–H groups in total. The van der Waals surface area contributed by atoms with Crippen LogP contribution in [0.2, 0.25) is 0 Å². The Hall–Kier alpha value is 0. The SMILES string of the molecule is CC[C@@]1(C)CCCCC1(C)C. The first-order valence-corrected chi connectivity index (χ1v) is 5.02. The standard InChI is InChI=1S/C11H22/c1-5-11(4)9-7-6-8-10(11,2)3/h5-9H2,1-4H3/t11-/m0/s1. The fourth-order valence-corrected chi connectivity index (χ4v) is 2.38. The molecule has 66 valence electrons. The second-order valence-corrected chi connectivity index (χ2v) is 5.01. The molecule has 0 heteroatoms. The topological polar surface area (TPSA) is 0 Å². The molecule has 0 aromatic heterocycles. The normalized spacial score (nSPS) is 37.1. The molecule has 0 radical (unpaired) electrons. The van der Waals surface area contributed by atoms with E-state index in [1.165, 1.54) is 32.1 Å². The van der Waals surface area contributed by atoms with Crippen LogP contribution in [-0.2, 0) is 0 Å². The summed E-state index contributed by atoms with van der Waals surface area (Å²) in [7, 11) is 0. The zero-order chi connectivity index (χ0) is 8.54. The van der Waals surface area contributed by atoms with Gasteiger partial charge in [-0.1, -0.05) is 47.0 Å². The molecule has 0 bridgehead atoms. The van der Waals surface area contributed by atoms with Gasteiger partial charge in [0.1, 0.15) is 0 Å². The highest BCUT2D eigenvalue weighted by Gasteiger charge is 2.40. The minimum Gasteiger partial charge on any atom is -0.0648 e. The molecule has 0 aliphatic heterocycles. The molecule has 1 fully saturated rings. The lowest BCUT2D eigenvalue weighted by atomic mass is 9.58. The van der Waals surface area contributed by atoms with Gasteiger partial charge in [0, 0.05) is 0 Å². The summed E-state index contributed by atoms with van der Waals surface area (Å²) in [6, 6.07) is 0. The smallest absolute Gasteiger partial charge is 0.0277 e. The van der Waals surface area contributed by atoms with Gasteiger partial charge in [-0.2, -0.15) is 0 Å². The summed E-state index contributed by atoms with van der Waals surface area (Å²) in [5.41, 5.74) is 1.20. The predicted octanol–water partition coefficient (Wildman–Crippen LogP) is 4.00. The van der Waals surface area contributed by atoms with E-state index in [1.54, 1.807) is 0 Å². The average molecular weight is 154 g/mol. The summed E-state index contributed by atoms with van der Waals surface area (Å²) in [5, 5.41) is 0. The number of hydrogen-bond donors (Lipinski definition) is 0. The summed E-state index contributed by atoms with van der Waals surface area (Å²) in [5.74, 6) is 0. The van der Waals surface area contributed by atoms with Crippen LogP contribution in [0, 0.1) is 10.8 Å². The molecule has 1 aliphatic carbocycles. The van der Waals surface area contributed by atoms with Crippen molar-refractivity contribution in [1.82, 2.24) is 0 Å². The highest BCUT2D eigenvalue weighted by atomic mass is 14.5. The quantitative estimate of drug-likeness (QED) is 0.535. The van der Waals surface area contributed by atoms with Crippen molar-refractivity contribution in [2.75, 3.05) is 0 Å². The van der Waals surface area contributed by atoms with Crippen LogP contribution in [-0.4, -0.2) is 0 Å². The van der Waals surface area contributed by atoms with Gasteiger partial charge < -0.3 is 0 Å². The van der Waals surface area contributed by atoms with Gasteiger partial charge >= 0.3 is 0 Å². The maximum absolute atomic E-state index is 2.46. The van der Waals surface area contributed by atoms with E-state index in [0.717, 1.165) is 0 Å². The fraction of sp³-hybridized carbons (Fsp3) is 1.00. The highest BCUT2D eigenvalue weighted by Crippen LogP contribution is 2.51. The summed E-state index contributed by atoms with van der Waals surface area (Å²) in [4.78, 5) is 0. The third-order valence-corrected chi connectivity index (χ3v) is 4.19. The van der Waals surface area contributed by atoms with Gasteiger partial charge in [0.25, 0.3) is 0 Å². The lowest BCUT2D eigenvalue weighted by molar-refractivity contribution is 0.0296. The van der Waals surface area contributed by atoms with Gasteiger partial charge in [0.15, 0.2) is 0 Å². The van der Waals surface area contributed by atoms with Gasteiger partial charge in [-0.15, -0.1) is 0 Å². The van der Waals surface area contributed by atoms with Gasteiger partial charge in [0.05, 0.1) is 0 Å². The second-order valence-electron chi connectivity index (χ2n) is 5.01. The lowest BCUT2D eigenvalue weighted by Crippen LogP contribution is -2.37. The Bertz CT molecular complexity index is 135. The van der Waals surface area contributed by atoms with E-state index in [9.17, 15) is 0 Å². The molecule has 1 rings (SSSR count). The summed E-state index contributed by atoms with van der Waals surface area (Å²) in [6.07, 6.45) is 7.12. The van der Waals surface area contributed by atoms with Gasteiger partial charge in [-0.25, -0.2) is 0 Å². The number of hydrogen-bond acceptors (Lipinski definition) is 0. The van der Waals surface area contributed by atoms with E-state index in [1.807, 2.05) is 0 Å². The van der Waals surface area contributed by atoms with Gasteiger partial charge in [0.2, 0.25) is 0 Å². The van der Waals surface area contributed by atoms with Crippen LogP contribution >= 0.6 is 0 Å². The fourth-order valence-electron chi connectivity index (χ4n) is 2.38. The zero-order valence-electron chi connectivity index (χ0n) is 8.54. The maximum atomic E-state index is 2.46.